The molecule has 2 amide bonds. The zero-order valence-corrected chi connectivity index (χ0v) is 14.6. The van der Waals surface area contributed by atoms with Gasteiger partial charge in [-0.3, -0.25) is 9.59 Å². The summed E-state index contributed by atoms with van der Waals surface area (Å²) in [7, 11) is 1.92. The molecule has 27 heavy (non-hydrogen) atoms. The van der Waals surface area contributed by atoms with Crippen LogP contribution in [0.5, 0.6) is 5.75 Å². The molecule has 3 aromatic carbocycles. The molecule has 0 fully saturated rings. The van der Waals surface area contributed by atoms with Crippen molar-refractivity contribution in [3.8, 4) is 5.75 Å². The molecular formula is C21H17N3O3. The number of benzene rings is 3. The number of nitrogens with one attached hydrogen (secondary N) is 2. The molecule has 0 aliphatic heterocycles. The van der Waals surface area contributed by atoms with Crippen LogP contribution < -0.4 is 10.6 Å². The van der Waals surface area contributed by atoms with Gasteiger partial charge in [0.2, 0.25) is 6.41 Å². The summed E-state index contributed by atoms with van der Waals surface area (Å²) in [4.78, 5) is 23.5. The summed E-state index contributed by atoms with van der Waals surface area (Å²) in [5.41, 5.74) is 2.96. The molecule has 0 saturated heterocycles. The third-order valence-corrected chi connectivity index (χ3v) is 4.67. The molecular weight excluding hydrogens is 342 g/mol. The van der Waals surface area contributed by atoms with Crippen LogP contribution in [-0.2, 0) is 11.8 Å². The fourth-order valence-electron chi connectivity index (χ4n) is 3.35. The number of carbonyl (C=O) groups is 2. The highest BCUT2D eigenvalue weighted by atomic mass is 16.3. The number of amides is 2. The van der Waals surface area contributed by atoms with Crippen LogP contribution in [0.4, 0.5) is 11.4 Å². The van der Waals surface area contributed by atoms with E-state index in [1.165, 1.54) is 0 Å². The van der Waals surface area contributed by atoms with Crippen molar-refractivity contribution >= 4 is 45.5 Å². The zero-order valence-electron chi connectivity index (χ0n) is 14.6. The Hall–Kier alpha value is -3.80. The number of hydrogen-bond donors (Lipinski definition) is 3. The molecule has 0 unspecified atom stereocenters. The molecule has 0 radical (unpaired) electrons. The average molecular weight is 359 g/mol. The van der Waals surface area contributed by atoms with E-state index in [2.05, 4.69) is 10.6 Å². The molecule has 0 saturated carbocycles. The lowest BCUT2D eigenvalue weighted by molar-refractivity contribution is -0.105. The molecule has 4 rings (SSSR count). The monoisotopic (exact) mass is 359 g/mol. The van der Waals surface area contributed by atoms with Gasteiger partial charge in [-0.25, -0.2) is 0 Å². The molecule has 6 heteroatoms. The number of anilines is 2. The first-order chi connectivity index (χ1) is 13.1. The lowest BCUT2D eigenvalue weighted by Crippen LogP contribution is -2.13. The Morgan fingerprint density at radius 3 is 2.44 bits per heavy atom. The van der Waals surface area contributed by atoms with E-state index >= 15 is 0 Å². The Kier molecular flexibility index (Phi) is 4.01. The van der Waals surface area contributed by atoms with Crippen LogP contribution in [0.15, 0.2) is 60.7 Å². The van der Waals surface area contributed by atoms with Gasteiger partial charge in [-0.1, -0.05) is 30.3 Å². The number of para-hydroxylation sites is 3. The minimum atomic E-state index is -0.456. The van der Waals surface area contributed by atoms with E-state index in [-0.39, 0.29) is 11.3 Å². The molecule has 0 aliphatic rings. The number of phenolic OH excluding ortho intramolecular Hbond substituents is 1. The Bertz CT molecular complexity index is 1190. The largest absolute Gasteiger partial charge is 0.507 e. The normalized spacial score (nSPS) is 10.9. The SMILES string of the molecule is Cn1c2ccccc2c2cc(C(=O)Nc3ccccc3NC=O)c(O)cc21. The van der Waals surface area contributed by atoms with E-state index in [4.69, 9.17) is 0 Å². The topological polar surface area (TPSA) is 83.4 Å². The van der Waals surface area contributed by atoms with Gasteiger partial charge in [0.05, 0.1) is 22.5 Å². The number of phenols is 1. The first kappa shape index (κ1) is 16.7. The molecule has 0 aliphatic carbocycles. The van der Waals surface area contributed by atoms with E-state index in [1.807, 2.05) is 35.9 Å². The van der Waals surface area contributed by atoms with Crippen molar-refractivity contribution < 1.29 is 14.7 Å². The minimum absolute atomic E-state index is 0.105. The average Bonchev–Trinajstić information content (AvgIpc) is 2.95. The van der Waals surface area contributed by atoms with Crippen molar-refractivity contribution in [3.05, 3.63) is 66.2 Å². The summed E-state index contributed by atoms with van der Waals surface area (Å²) < 4.78 is 1.98. The van der Waals surface area contributed by atoms with Gasteiger partial charge in [0.15, 0.2) is 0 Å². The van der Waals surface area contributed by atoms with Crippen molar-refractivity contribution in [2.45, 2.75) is 0 Å². The number of carbonyl (C=O) groups excluding carboxylic acids is 2. The molecule has 134 valence electrons. The van der Waals surface area contributed by atoms with Crippen LogP contribution in [-0.4, -0.2) is 22.0 Å². The fourth-order valence-corrected chi connectivity index (χ4v) is 3.35. The van der Waals surface area contributed by atoms with Gasteiger partial charge in [0.25, 0.3) is 5.91 Å². The molecule has 0 bridgehead atoms. The quantitative estimate of drug-likeness (QED) is 0.484. The van der Waals surface area contributed by atoms with E-state index < -0.39 is 5.91 Å². The minimum Gasteiger partial charge on any atom is -0.507 e. The van der Waals surface area contributed by atoms with Crippen LogP contribution >= 0.6 is 0 Å². The van der Waals surface area contributed by atoms with Crippen LogP contribution in [0.3, 0.4) is 0 Å². The maximum atomic E-state index is 12.8. The summed E-state index contributed by atoms with van der Waals surface area (Å²) >= 11 is 0. The van der Waals surface area contributed by atoms with Crippen LogP contribution in [0.1, 0.15) is 10.4 Å². The van der Waals surface area contributed by atoms with Crippen molar-refractivity contribution in [3.63, 3.8) is 0 Å². The summed E-state index contributed by atoms with van der Waals surface area (Å²) in [6, 6.07) is 18.0. The van der Waals surface area contributed by atoms with E-state index in [1.54, 1.807) is 36.4 Å². The van der Waals surface area contributed by atoms with Crippen molar-refractivity contribution in [2.24, 2.45) is 7.05 Å². The fraction of sp³-hybridized carbons (Fsp3) is 0.0476. The van der Waals surface area contributed by atoms with E-state index in [9.17, 15) is 14.7 Å². The van der Waals surface area contributed by atoms with Crippen molar-refractivity contribution in [2.75, 3.05) is 10.6 Å². The standard InChI is InChI=1S/C21H17N3O3/c1-24-18-9-5-2-6-13(18)14-10-15(20(26)11-19(14)24)21(27)23-17-8-4-3-7-16(17)22-12-25/h2-12,26H,1H3,(H,22,25)(H,23,27). The predicted molar refractivity (Wildman–Crippen MR) is 106 cm³/mol. The Morgan fingerprint density at radius 2 is 1.67 bits per heavy atom. The molecule has 1 heterocycles. The zero-order chi connectivity index (χ0) is 19.0. The molecule has 4 aromatic rings. The maximum absolute atomic E-state index is 12.8. The highest BCUT2D eigenvalue weighted by Gasteiger charge is 2.17. The first-order valence-corrected chi connectivity index (χ1v) is 8.41. The highest BCUT2D eigenvalue weighted by molar-refractivity contribution is 6.14. The molecule has 6 nitrogen and oxygen atoms in total. The number of rotatable bonds is 4. The summed E-state index contributed by atoms with van der Waals surface area (Å²) in [6.45, 7) is 0. The van der Waals surface area contributed by atoms with Crippen molar-refractivity contribution in [1.29, 1.82) is 0 Å². The second-order valence-corrected chi connectivity index (χ2v) is 6.22. The number of aromatic hydroxyl groups is 1. The second-order valence-electron chi connectivity index (χ2n) is 6.22. The molecule has 1 aromatic heterocycles. The molecule has 3 N–H and O–H groups in total. The van der Waals surface area contributed by atoms with E-state index in [0.717, 1.165) is 21.8 Å². The van der Waals surface area contributed by atoms with Gasteiger partial charge < -0.3 is 20.3 Å². The first-order valence-electron chi connectivity index (χ1n) is 8.41. The summed E-state index contributed by atoms with van der Waals surface area (Å²) in [5.74, 6) is -0.561. The Morgan fingerprint density at radius 1 is 0.963 bits per heavy atom. The number of nitrogens with zero attached hydrogens (tertiary/aromatic N) is 1. The van der Waals surface area contributed by atoms with E-state index in [0.29, 0.717) is 17.8 Å². The smallest absolute Gasteiger partial charge is 0.259 e. The number of hydrogen-bond acceptors (Lipinski definition) is 3. The third kappa shape index (κ3) is 2.77. The second kappa shape index (κ2) is 6.49. The predicted octanol–water partition coefficient (Wildman–Crippen LogP) is 3.86. The van der Waals surface area contributed by atoms with Gasteiger partial charge >= 0.3 is 0 Å². The molecule has 0 spiro atoms. The highest BCUT2D eigenvalue weighted by Crippen LogP contribution is 2.33. The van der Waals surface area contributed by atoms with Gasteiger partial charge in [-0.15, -0.1) is 0 Å². The van der Waals surface area contributed by atoms with Gasteiger partial charge in [0.1, 0.15) is 5.75 Å². The Balaban J connectivity index is 1.80. The van der Waals surface area contributed by atoms with Crippen molar-refractivity contribution in [1.82, 2.24) is 4.57 Å². The number of fused-ring (bicyclic) bond motifs is 3. The Labute approximate surface area is 155 Å². The maximum Gasteiger partial charge on any atom is 0.259 e. The lowest BCUT2D eigenvalue weighted by Gasteiger charge is -2.11. The van der Waals surface area contributed by atoms with Gasteiger partial charge in [0, 0.05) is 29.4 Å². The van der Waals surface area contributed by atoms with Crippen LogP contribution in [0.2, 0.25) is 0 Å². The molecule has 0 atom stereocenters. The number of aromatic nitrogens is 1. The van der Waals surface area contributed by atoms with Crippen LogP contribution in [0, 0.1) is 0 Å². The van der Waals surface area contributed by atoms with Gasteiger partial charge in [-0.05, 0) is 24.3 Å². The lowest BCUT2D eigenvalue weighted by atomic mass is 10.1. The van der Waals surface area contributed by atoms with Crippen LogP contribution in [0.25, 0.3) is 21.8 Å². The van der Waals surface area contributed by atoms with Gasteiger partial charge in [-0.2, -0.15) is 0 Å². The number of aryl methyl sites for hydroxylation is 1. The summed E-state index contributed by atoms with van der Waals surface area (Å²) in [5, 5.41) is 17.6. The third-order valence-electron chi connectivity index (χ3n) is 4.67. The summed E-state index contributed by atoms with van der Waals surface area (Å²) in [6.07, 6.45) is 0.546.